The van der Waals surface area contributed by atoms with Crippen LogP contribution < -0.4 is 0 Å². The van der Waals surface area contributed by atoms with Crippen molar-refractivity contribution in [3.8, 4) is 0 Å². The van der Waals surface area contributed by atoms with Gasteiger partial charge in [-0.25, -0.2) is 0 Å². The predicted octanol–water partition coefficient (Wildman–Crippen LogP) is 4.31. The number of benzene rings is 1. The summed E-state index contributed by atoms with van der Waals surface area (Å²) >= 11 is 0. The van der Waals surface area contributed by atoms with Gasteiger partial charge in [0.05, 0.1) is 0 Å². The highest BCUT2D eigenvalue weighted by Gasteiger charge is 2.16. The van der Waals surface area contributed by atoms with Gasteiger partial charge in [0.2, 0.25) is 0 Å². The van der Waals surface area contributed by atoms with Crippen LogP contribution >= 0.6 is 0 Å². The Hall–Kier alpha value is -1.04. The molecule has 0 fully saturated rings. The van der Waals surface area contributed by atoms with Gasteiger partial charge in [0.25, 0.3) is 0 Å². The first-order chi connectivity index (χ1) is 6.77. The van der Waals surface area contributed by atoms with Crippen LogP contribution in [-0.4, -0.2) is 0 Å². The van der Waals surface area contributed by atoms with E-state index < -0.39 is 0 Å². The lowest BCUT2D eigenvalue weighted by Gasteiger charge is -2.23. The van der Waals surface area contributed by atoms with Crippen molar-refractivity contribution < 1.29 is 0 Å². The Bertz CT molecular complexity index is 310. The largest absolute Gasteiger partial charge is 0.0952 e. The molecule has 0 bridgehead atoms. The standard InChI is InChI=1S/C12H14.C2H6/c1-9-7-10(2)12-6-4-3-5-11(12)8-9;1-2/h3-6,9H,2,7-8H2,1H3;1-2H3. The highest BCUT2D eigenvalue weighted by atomic mass is 14.2. The Morgan fingerprint density at radius 3 is 2.50 bits per heavy atom. The average molecular weight is 188 g/mol. The van der Waals surface area contributed by atoms with E-state index >= 15 is 0 Å². The van der Waals surface area contributed by atoms with E-state index in [1.165, 1.54) is 23.1 Å². The minimum Gasteiger partial charge on any atom is -0.0952 e. The molecule has 0 heteroatoms. The maximum absolute atomic E-state index is 4.11. The van der Waals surface area contributed by atoms with Crippen molar-refractivity contribution >= 4 is 5.57 Å². The van der Waals surface area contributed by atoms with E-state index in [1.54, 1.807) is 0 Å². The van der Waals surface area contributed by atoms with Gasteiger partial charge in [-0.2, -0.15) is 0 Å². The molecule has 2 rings (SSSR count). The predicted molar refractivity (Wildman–Crippen MR) is 64.3 cm³/mol. The molecule has 1 aromatic carbocycles. The first-order valence-electron chi connectivity index (χ1n) is 5.53. The second kappa shape index (κ2) is 4.99. The van der Waals surface area contributed by atoms with Gasteiger partial charge in [-0.05, 0) is 35.5 Å². The van der Waals surface area contributed by atoms with Crippen LogP contribution in [-0.2, 0) is 6.42 Å². The summed E-state index contributed by atoms with van der Waals surface area (Å²) in [6.45, 7) is 10.4. The summed E-state index contributed by atoms with van der Waals surface area (Å²) in [6, 6.07) is 8.61. The van der Waals surface area contributed by atoms with Crippen molar-refractivity contribution in [3.05, 3.63) is 42.0 Å². The quantitative estimate of drug-likeness (QED) is 0.569. The molecule has 76 valence electrons. The molecule has 0 aliphatic heterocycles. The molecule has 0 N–H and O–H groups in total. The molecule has 14 heavy (non-hydrogen) atoms. The Balaban J connectivity index is 0.000000461. The van der Waals surface area contributed by atoms with Crippen molar-refractivity contribution in [3.63, 3.8) is 0 Å². The molecule has 1 unspecified atom stereocenters. The third kappa shape index (κ3) is 2.25. The van der Waals surface area contributed by atoms with Crippen LogP contribution in [0.5, 0.6) is 0 Å². The normalized spacial score (nSPS) is 19.4. The van der Waals surface area contributed by atoms with Crippen LogP contribution in [0, 0.1) is 5.92 Å². The fourth-order valence-corrected chi connectivity index (χ4v) is 2.02. The molecule has 0 heterocycles. The minimum absolute atomic E-state index is 0.771. The molecule has 0 nitrogen and oxygen atoms in total. The SMILES string of the molecule is C=C1CC(C)Cc2ccccc21.CC. The van der Waals surface area contributed by atoms with Gasteiger partial charge < -0.3 is 0 Å². The zero-order chi connectivity index (χ0) is 10.6. The second-order valence-corrected chi connectivity index (χ2v) is 3.77. The summed E-state index contributed by atoms with van der Waals surface area (Å²) in [6.07, 6.45) is 2.38. The molecular weight excluding hydrogens is 168 g/mol. The number of rotatable bonds is 0. The van der Waals surface area contributed by atoms with Crippen LogP contribution in [0.25, 0.3) is 5.57 Å². The molecule has 1 aliphatic rings. The summed E-state index contributed by atoms with van der Waals surface area (Å²) in [5.41, 5.74) is 4.17. The number of hydrogen-bond donors (Lipinski definition) is 0. The minimum atomic E-state index is 0.771. The molecule has 0 aromatic heterocycles. The van der Waals surface area contributed by atoms with Crippen molar-refractivity contribution in [2.75, 3.05) is 0 Å². The van der Waals surface area contributed by atoms with Gasteiger partial charge in [-0.15, -0.1) is 0 Å². The van der Waals surface area contributed by atoms with Gasteiger partial charge in [-0.3, -0.25) is 0 Å². The fourth-order valence-electron chi connectivity index (χ4n) is 2.02. The zero-order valence-electron chi connectivity index (χ0n) is 9.51. The van der Waals surface area contributed by atoms with Crippen molar-refractivity contribution in [1.82, 2.24) is 0 Å². The van der Waals surface area contributed by atoms with E-state index in [1.807, 2.05) is 13.8 Å². The topological polar surface area (TPSA) is 0 Å². The Morgan fingerprint density at radius 1 is 1.14 bits per heavy atom. The third-order valence-corrected chi connectivity index (χ3v) is 2.56. The summed E-state index contributed by atoms with van der Waals surface area (Å²) in [7, 11) is 0. The maximum Gasteiger partial charge on any atom is -0.0198 e. The monoisotopic (exact) mass is 188 g/mol. The van der Waals surface area contributed by atoms with Crippen LogP contribution in [0.4, 0.5) is 0 Å². The fraction of sp³-hybridized carbons (Fsp3) is 0.429. The van der Waals surface area contributed by atoms with Gasteiger partial charge >= 0.3 is 0 Å². The summed E-state index contributed by atoms with van der Waals surface area (Å²) in [5, 5.41) is 0. The Morgan fingerprint density at radius 2 is 1.79 bits per heavy atom. The highest BCUT2D eigenvalue weighted by Crippen LogP contribution is 2.32. The van der Waals surface area contributed by atoms with Gasteiger partial charge in [0, 0.05) is 0 Å². The molecule has 0 radical (unpaired) electrons. The number of hydrogen-bond acceptors (Lipinski definition) is 0. The smallest absolute Gasteiger partial charge is 0.0198 e. The lowest BCUT2D eigenvalue weighted by atomic mass is 9.82. The van der Waals surface area contributed by atoms with E-state index in [0.29, 0.717) is 0 Å². The van der Waals surface area contributed by atoms with Crippen LogP contribution in [0.1, 0.15) is 38.3 Å². The highest BCUT2D eigenvalue weighted by molar-refractivity contribution is 5.68. The van der Waals surface area contributed by atoms with Crippen molar-refractivity contribution in [2.45, 2.75) is 33.6 Å². The molecular formula is C14H20. The molecule has 0 saturated heterocycles. The summed E-state index contributed by atoms with van der Waals surface area (Å²) < 4.78 is 0. The maximum atomic E-state index is 4.11. The summed E-state index contributed by atoms with van der Waals surface area (Å²) in [5.74, 6) is 0.771. The van der Waals surface area contributed by atoms with E-state index in [4.69, 9.17) is 0 Å². The summed E-state index contributed by atoms with van der Waals surface area (Å²) in [4.78, 5) is 0. The Labute approximate surface area is 87.7 Å². The average Bonchev–Trinajstić information content (AvgIpc) is 2.20. The van der Waals surface area contributed by atoms with E-state index in [2.05, 4.69) is 37.8 Å². The molecule has 0 saturated carbocycles. The first-order valence-corrected chi connectivity index (χ1v) is 5.53. The second-order valence-electron chi connectivity index (χ2n) is 3.77. The van der Waals surface area contributed by atoms with E-state index in [9.17, 15) is 0 Å². The molecule has 0 spiro atoms. The van der Waals surface area contributed by atoms with E-state index in [-0.39, 0.29) is 0 Å². The number of fused-ring (bicyclic) bond motifs is 1. The molecule has 1 aliphatic carbocycles. The molecule has 1 atom stereocenters. The zero-order valence-corrected chi connectivity index (χ0v) is 9.51. The molecule has 0 amide bonds. The third-order valence-electron chi connectivity index (χ3n) is 2.56. The molecule has 1 aromatic rings. The van der Waals surface area contributed by atoms with Gasteiger partial charge in [0.15, 0.2) is 0 Å². The van der Waals surface area contributed by atoms with Crippen molar-refractivity contribution in [1.29, 1.82) is 0 Å². The van der Waals surface area contributed by atoms with Crippen LogP contribution in [0.15, 0.2) is 30.8 Å². The lowest BCUT2D eigenvalue weighted by Crippen LogP contribution is -2.09. The first kappa shape index (κ1) is 11.0. The lowest BCUT2D eigenvalue weighted by molar-refractivity contribution is 0.582. The van der Waals surface area contributed by atoms with Crippen LogP contribution in [0.2, 0.25) is 0 Å². The van der Waals surface area contributed by atoms with Gasteiger partial charge in [-0.1, -0.05) is 51.6 Å². The van der Waals surface area contributed by atoms with Crippen LogP contribution in [0.3, 0.4) is 0 Å². The Kier molecular flexibility index (Phi) is 3.94. The van der Waals surface area contributed by atoms with Gasteiger partial charge in [0.1, 0.15) is 0 Å². The number of allylic oxidation sites excluding steroid dienone is 1. The van der Waals surface area contributed by atoms with Crippen molar-refractivity contribution in [2.24, 2.45) is 5.92 Å². The van der Waals surface area contributed by atoms with E-state index in [0.717, 1.165) is 12.3 Å².